The van der Waals surface area contributed by atoms with Crippen LogP contribution in [0.3, 0.4) is 0 Å². The first kappa shape index (κ1) is 14.5. The van der Waals surface area contributed by atoms with E-state index in [2.05, 4.69) is 55.8 Å². The van der Waals surface area contributed by atoms with Crippen LogP contribution >= 0.6 is 11.2 Å². The summed E-state index contributed by atoms with van der Waals surface area (Å²) in [5, 5.41) is 0. The molecule has 0 amide bonds. The first-order chi connectivity index (χ1) is 8.01. The Bertz CT molecular complexity index is 369. The third-order valence-corrected chi connectivity index (χ3v) is 5.82. The van der Waals surface area contributed by atoms with Crippen molar-refractivity contribution in [2.75, 3.05) is 0 Å². The lowest BCUT2D eigenvalue weighted by molar-refractivity contribution is 0.842. The number of rotatable bonds is 6. The molecule has 1 nitrogen and oxygen atoms in total. The first-order valence-corrected chi connectivity index (χ1v) is 11.4. The van der Waals surface area contributed by atoms with Crippen LogP contribution in [-0.4, -0.2) is 13.4 Å². The minimum Gasteiger partial charge on any atom is -0.261 e. The third-order valence-electron chi connectivity index (χ3n) is 2.17. The summed E-state index contributed by atoms with van der Waals surface area (Å²) in [6.45, 7) is 9.32. The van der Waals surface area contributed by atoms with Gasteiger partial charge in [-0.15, -0.1) is 0 Å². The van der Waals surface area contributed by atoms with Gasteiger partial charge in [-0.05, 0) is 31.0 Å². The van der Waals surface area contributed by atoms with Crippen LogP contribution in [0.2, 0.25) is 19.6 Å². The summed E-state index contributed by atoms with van der Waals surface area (Å²) < 4.78 is 0. The van der Waals surface area contributed by atoms with Crippen molar-refractivity contribution in [1.82, 2.24) is 0 Å². The zero-order valence-electron chi connectivity index (χ0n) is 11.4. The van der Waals surface area contributed by atoms with E-state index >= 15 is 0 Å². The maximum absolute atomic E-state index is 4.51. The van der Waals surface area contributed by atoms with Crippen molar-refractivity contribution >= 4 is 30.3 Å². The number of hydrogen-bond donors (Lipinski definition) is 0. The average molecular weight is 265 g/mol. The molecular weight excluding hydrogens is 242 g/mol. The number of unbranched alkanes of at least 4 members (excludes halogenated alkanes) is 2. The second kappa shape index (κ2) is 7.02. The molecule has 0 heterocycles. The Morgan fingerprint density at radius 1 is 1.29 bits per heavy atom. The molecule has 1 rings (SSSR count). The molecule has 1 aromatic rings. The fourth-order valence-corrected chi connectivity index (χ4v) is 4.98. The number of benzene rings is 1. The van der Waals surface area contributed by atoms with Gasteiger partial charge in [0.25, 0.3) is 0 Å². The molecule has 17 heavy (non-hydrogen) atoms. The zero-order chi connectivity index (χ0) is 12.7. The van der Waals surface area contributed by atoms with E-state index in [0.717, 1.165) is 12.1 Å². The van der Waals surface area contributed by atoms with Crippen molar-refractivity contribution in [1.29, 1.82) is 0 Å². The Kier molecular flexibility index (Phi) is 5.99. The summed E-state index contributed by atoms with van der Waals surface area (Å²) in [7, 11) is -1.10. The molecule has 0 aliphatic carbocycles. The summed E-state index contributed by atoms with van der Waals surface area (Å²) in [4.78, 5) is 5.87. The predicted molar refractivity (Wildman–Crippen MR) is 83.3 cm³/mol. The molecule has 0 bridgehead atoms. The Hall–Kier alpha value is -0.543. The zero-order valence-corrected chi connectivity index (χ0v) is 13.2. The van der Waals surface area contributed by atoms with Crippen molar-refractivity contribution in [3.8, 4) is 0 Å². The predicted octanol–water partition coefficient (Wildman–Crippen LogP) is 5.51. The largest absolute Gasteiger partial charge is 0.261 e. The normalized spacial score (nSPS) is 12.2. The van der Waals surface area contributed by atoms with Gasteiger partial charge in [-0.25, -0.2) is 0 Å². The lowest BCUT2D eigenvalue weighted by Gasteiger charge is -2.15. The Labute approximate surface area is 110 Å². The van der Waals surface area contributed by atoms with Crippen LogP contribution in [0.1, 0.15) is 26.2 Å². The highest BCUT2D eigenvalue weighted by molar-refractivity contribution is 8.28. The summed E-state index contributed by atoms with van der Waals surface area (Å²) >= 11 is 2.02. The standard InChI is InChI=1S/C14H23NSSi/c1-5-6-7-11-15-13-9-8-10-14(12-13)16-17(2,3)4/h8-12H,5-7H2,1-4H3/b15-11+. The van der Waals surface area contributed by atoms with Gasteiger partial charge in [0.05, 0.1) is 5.69 Å². The maximum atomic E-state index is 4.51. The summed E-state index contributed by atoms with van der Waals surface area (Å²) in [6, 6.07) is 8.57. The van der Waals surface area contributed by atoms with Gasteiger partial charge in [-0.2, -0.15) is 11.2 Å². The van der Waals surface area contributed by atoms with Crippen LogP contribution < -0.4 is 0 Å². The molecule has 0 atom stereocenters. The van der Waals surface area contributed by atoms with Crippen LogP contribution in [0, 0.1) is 0 Å². The van der Waals surface area contributed by atoms with Crippen molar-refractivity contribution < 1.29 is 0 Å². The van der Waals surface area contributed by atoms with Gasteiger partial charge >= 0.3 is 0 Å². The molecule has 0 unspecified atom stereocenters. The fraction of sp³-hybridized carbons (Fsp3) is 0.500. The smallest absolute Gasteiger partial charge is 0.114 e. The van der Waals surface area contributed by atoms with E-state index in [4.69, 9.17) is 0 Å². The monoisotopic (exact) mass is 265 g/mol. The van der Waals surface area contributed by atoms with E-state index in [1.54, 1.807) is 0 Å². The van der Waals surface area contributed by atoms with Crippen molar-refractivity contribution in [3.63, 3.8) is 0 Å². The molecule has 0 N–H and O–H groups in total. The molecule has 94 valence electrons. The molecule has 3 heteroatoms. The Balaban J connectivity index is 2.63. The van der Waals surface area contributed by atoms with Gasteiger partial charge < -0.3 is 0 Å². The lowest BCUT2D eigenvalue weighted by Crippen LogP contribution is -2.13. The minimum atomic E-state index is -1.10. The van der Waals surface area contributed by atoms with Crippen molar-refractivity contribution in [2.45, 2.75) is 50.7 Å². The highest BCUT2D eigenvalue weighted by Gasteiger charge is 2.14. The molecule has 0 spiro atoms. The fourth-order valence-electron chi connectivity index (χ4n) is 1.45. The minimum absolute atomic E-state index is 1.09. The Morgan fingerprint density at radius 2 is 2.06 bits per heavy atom. The Morgan fingerprint density at radius 3 is 2.71 bits per heavy atom. The molecule has 0 aliphatic rings. The topological polar surface area (TPSA) is 12.4 Å². The molecular formula is C14H23NSSi. The number of hydrogen-bond acceptors (Lipinski definition) is 2. The van der Waals surface area contributed by atoms with E-state index in [1.165, 1.54) is 17.7 Å². The van der Waals surface area contributed by atoms with E-state index in [9.17, 15) is 0 Å². The van der Waals surface area contributed by atoms with E-state index in [0.29, 0.717) is 0 Å². The van der Waals surface area contributed by atoms with Gasteiger partial charge in [-0.3, -0.25) is 4.99 Å². The molecule has 0 saturated heterocycles. The second-order valence-corrected chi connectivity index (χ2v) is 14.4. The maximum Gasteiger partial charge on any atom is 0.114 e. The molecule has 1 aromatic carbocycles. The summed E-state index contributed by atoms with van der Waals surface area (Å²) in [5.74, 6) is 0. The molecule has 0 saturated carbocycles. The van der Waals surface area contributed by atoms with E-state index in [-0.39, 0.29) is 0 Å². The quantitative estimate of drug-likeness (QED) is 0.375. The lowest BCUT2D eigenvalue weighted by atomic mass is 10.3. The van der Waals surface area contributed by atoms with Gasteiger partial charge in [-0.1, -0.05) is 39.1 Å². The highest BCUT2D eigenvalue weighted by Crippen LogP contribution is 2.31. The van der Waals surface area contributed by atoms with Crippen LogP contribution in [0.4, 0.5) is 5.69 Å². The van der Waals surface area contributed by atoms with Gasteiger partial charge in [0.15, 0.2) is 0 Å². The highest BCUT2D eigenvalue weighted by atomic mass is 32.4. The van der Waals surface area contributed by atoms with Crippen LogP contribution in [0.5, 0.6) is 0 Å². The van der Waals surface area contributed by atoms with Crippen molar-refractivity contribution in [3.05, 3.63) is 24.3 Å². The van der Waals surface area contributed by atoms with Crippen LogP contribution in [0.25, 0.3) is 0 Å². The third kappa shape index (κ3) is 6.69. The summed E-state index contributed by atoms with van der Waals surface area (Å²) in [5.41, 5.74) is 1.09. The molecule has 0 aliphatic heterocycles. The number of nitrogens with zero attached hydrogens (tertiary/aromatic N) is 1. The second-order valence-electron chi connectivity index (χ2n) is 5.17. The van der Waals surface area contributed by atoms with E-state index < -0.39 is 7.22 Å². The molecule has 0 fully saturated rings. The van der Waals surface area contributed by atoms with Gasteiger partial charge in [0, 0.05) is 11.1 Å². The SMILES string of the molecule is CCCC/C=N/c1cccc(S[Si](C)(C)C)c1. The van der Waals surface area contributed by atoms with Crippen LogP contribution in [0.15, 0.2) is 34.2 Å². The van der Waals surface area contributed by atoms with Crippen molar-refractivity contribution in [2.24, 2.45) is 4.99 Å². The van der Waals surface area contributed by atoms with Gasteiger partial charge in [0.2, 0.25) is 0 Å². The van der Waals surface area contributed by atoms with Crippen LogP contribution in [-0.2, 0) is 0 Å². The molecule has 0 radical (unpaired) electrons. The number of aliphatic imine (C=N–C) groups is 1. The van der Waals surface area contributed by atoms with Gasteiger partial charge in [0.1, 0.15) is 7.22 Å². The summed E-state index contributed by atoms with van der Waals surface area (Å²) in [6.07, 6.45) is 5.59. The first-order valence-electron chi connectivity index (χ1n) is 6.33. The van der Waals surface area contributed by atoms with E-state index in [1.807, 2.05) is 17.4 Å². The average Bonchev–Trinajstić information content (AvgIpc) is 2.23. The molecule has 0 aromatic heterocycles.